The average Bonchev–Trinajstić information content (AvgIpc) is 2.00. The van der Waals surface area contributed by atoms with E-state index in [9.17, 15) is 0 Å². The summed E-state index contributed by atoms with van der Waals surface area (Å²) in [6.07, 6.45) is -0.228. The molecule has 0 aromatic rings. The lowest BCUT2D eigenvalue weighted by Gasteiger charge is -2.29. The normalized spacial score (nSPS) is 17.1. The molecular weight excluding hydrogens is 184 g/mol. The molecular formula is C9H22O3Si. The summed E-state index contributed by atoms with van der Waals surface area (Å²) < 4.78 is 16.5. The van der Waals surface area contributed by atoms with Crippen molar-refractivity contribution in [3.63, 3.8) is 0 Å². The van der Waals surface area contributed by atoms with E-state index in [0.29, 0.717) is 6.61 Å². The Morgan fingerprint density at radius 3 is 2.08 bits per heavy atom. The van der Waals surface area contributed by atoms with Crippen molar-refractivity contribution in [1.82, 2.24) is 0 Å². The molecule has 0 radical (unpaired) electrons. The van der Waals surface area contributed by atoms with E-state index >= 15 is 0 Å². The van der Waals surface area contributed by atoms with Crippen LogP contribution in [0.5, 0.6) is 0 Å². The van der Waals surface area contributed by atoms with Gasteiger partial charge in [0.15, 0.2) is 14.6 Å². The lowest BCUT2D eigenvalue weighted by atomic mass is 10.4. The lowest BCUT2D eigenvalue weighted by molar-refractivity contribution is -0.150. The minimum atomic E-state index is -1.54. The lowest BCUT2D eigenvalue weighted by Crippen LogP contribution is -2.40. The summed E-state index contributed by atoms with van der Waals surface area (Å²) in [7, 11) is 0.129. The predicted octanol–water partition coefficient (Wildman–Crippen LogP) is 2.24. The van der Waals surface area contributed by atoms with Crippen LogP contribution in [0.4, 0.5) is 0 Å². The minimum absolute atomic E-state index is 0.00771. The van der Waals surface area contributed by atoms with E-state index in [4.69, 9.17) is 13.9 Å². The van der Waals surface area contributed by atoms with Gasteiger partial charge in [-0.3, -0.25) is 0 Å². The zero-order valence-electron chi connectivity index (χ0n) is 9.59. The number of ether oxygens (including phenoxy) is 2. The zero-order chi connectivity index (χ0) is 10.5. The number of hydrogen-bond donors (Lipinski definition) is 0. The molecule has 0 aromatic carbocycles. The fourth-order valence-electron chi connectivity index (χ4n) is 0.889. The van der Waals surface area contributed by atoms with E-state index in [1.807, 2.05) is 13.8 Å². The molecule has 0 rings (SSSR count). The predicted molar refractivity (Wildman–Crippen MR) is 56.3 cm³/mol. The van der Waals surface area contributed by atoms with Gasteiger partial charge in [-0.2, -0.15) is 0 Å². The number of rotatable bonds is 6. The van der Waals surface area contributed by atoms with E-state index in [-0.39, 0.29) is 12.4 Å². The van der Waals surface area contributed by atoms with Gasteiger partial charge in [0.05, 0.1) is 0 Å². The van der Waals surface area contributed by atoms with Crippen LogP contribution in [0.2, 0.25) is 19.6 Å². The van der Waals surface area contributed by atoms with Crippen LogP contribution in [0.15, 0.2) is 0 Å². The van der Waals surface area contributed by atoms with Gasteiger partial charge in [0.2, 0.25) is 0 Å². The van der Waals surface area contributed by atoms with Gasteiger partial charge in [0.1, 0.15) is 6.10 Å². The SMILES string of the molecule is CCOC(O[Si](C)(C)C)[C@H](C)OC. The summed E-state index contributed by atoms with van der Waals surface area (Å²) in [6.45, 7) is 11.0. The van der Waals surface area contributed by atoms with Gasteiger partial charge in [0, 0.05) is 13.7 Å². The van der Waals surface area contributed by atoms with Crippen molar-refractivity contribution >= 4 is 8.32 Å². The molecule has 0 saturated carbocycles. The Labute approximate surface area is 82.5 Å². The Morgan fingerprint density at radius 1 is 1.23 bits per heavy atom. The molecule has 0 aromatic heterocycles. The molecule has 0 spiro atoms. The van der Waals surface area contributed by atoms with E-state index in [2.05, 4.69) is 19.6 Å². The Kier molecular flexibility index (Phi) is 5.79. The van der Waals surface area contributed by atoms with Crippen LogP contribution in [0.1, 0.15) is 13.8 Å². The third-order valence-electron chi connectivity index (χ3n) is 1.56. The average molecular weight is 206 g/mol. The number of methoxy groups -OCH3 is 1. The van der Waals surface area contributed by atoms with Crippen LogP contribution >= 0.6 is 0 Å². The summed E-state index contributed by atoms with van der Waals surface area (Å²) in [5.41, 5.74) is 0. The maximum atomic E-state index is 5.82. The molecule has 0 aliphatic rings. The van der Waals surface area contributed by atoms with Crippen molar-refractivity contribution in [1.29, 1.82) is 0 Å². The van der Waals surface area contributed by atoms with Crippen LogP contribution in [-0.4, -0.2) is 34.4 Å². The van der Waals surface area contributed by atoms with E-state index in [0.717, 1.165) is 0 Å². The highest BCUT2D eigenvalue weighted by molar-refractivity contribution is 6.69. The standard InChI is InChI=1S/C9H22O3Si/c1-7-11-9(8(2)10-3)12-13(4,5)6/h8-9H,7H2,1-6H3/t8-,9?/m0/s1. The third kappa shape index (κ3) is 6.21. The monoisotopic (exact) mass is 206 g/mol. The first-order valence-corrected chi connectivity index (χ1v) is 8.13. The highest BCUT2D eigenvalue weighted by atomic mass is 28.4. The Morgan fingerprint density at radius 2 is 1.77 bits per heavy atom. The molecule has 80 valence electrons. The maximum absolute atomic E-state index is 5.82. The van der Waals surface area contributed by atoms with Gasteiger partial charge >= 0.3 is 0 Å². The third-order valence-corrected chi connectivity index (χ3v) is 2.50. The Bertz CT molecular complexity index is 133. The zero-order valence-corrected chi connectivity index (χ0v) is 10.6. The minimum Gasteiger partial charge on any atom is -0.391 e. The molecule has 1 unspecified atom stereocenters. The van der Waals surface area contributed by atoms with Crippen molar-refractivity contribution in [2.24, 2.45) is 0 Å². The van der Waals surface area contributed by atoms with E-state index in [1.54, 1.807) is 7.11 Å². The highest BCUT2D eigenvalue weighted by Crippen LogP contribution is 2.12. The van der Waals surface area contributed by atoms with Gasteiger partial charge in [-0.25, -0.2) is 0 Å². The summed E-state index contributed by atoms with van der Waals surface area (Å²) in [5, 5.41) is 0. The van der Waals surface area contributed by atoms with Crippen LogP contribution in [-0.2, 0) is 13.9 Å². The van der Waals surface area contributed by atoms with Gasteiger partial charge in [-0.1, -0.05) is 0 Å². The highest BCUT2D eigenvalue weighted by Gasteiger charge is 2.25. The molecule has 0 amide bonds. The quantitative estimate of drug-likeness (QED) is 0.493. The van der Waals surface area contributed by atoms with Crippen molar-refractivity contribution in [3.05, 3.63) is 0 Å². The van der Waals surface area contributed by atoms with Crippen molar-refractivity contribution < 1.29 is 13.9 Å². The topological polar surface area (TPSA) is 27.7 Å². The smallest absolute Gasteiger partial charge is 0.187 e. The summed E-state index contributed by atoms with van der Waals surface area (Å²) >= 11 is 0. The molecule has 4 heteroatoms. The Hall–Kier alpha value is 0.0969. The molecule has 0 fully saturated rings. The second-order valence-corrected chi connectivity index (χ2v) is 8.46. The van der Waals surface area contributed by atoms with Gasteiger partial charge < -0.3 is 13.9 Å². The van der Waals surface area contributed by atoms with Crippen molar-refractivity contribution in [2.75, 3.05) is 13.7 Å². The summed E-state index contributed by atoms with van der Waals surface area (Å²) in [4.78, 5) is 0. The van der Waals surface area contributed by atoms with Gasteiger partial charge in [0.25, 0.3) is 0 Å². The molecule has 13 heavy (non-hydrogen) atoms. The molecule has 0 saturated heterocycles. The molecule has 0 N–H and O–H groups in total. The second kappa shape index (κ2) is 5.75. The van der Waals surface area contributed by atoms with Crippen LogP contribution in [0.3, 0.4) is 0 Å². The van der Waals surface area contributed by atoms with Crippen LogP contribution < -0.4 is 0 Å². The first kappa shape index (κ1) is 13.1. The molecule has 0 aliphatic carbocycles. The number of hydrogen-bond acceptors (Lipinski definition) is 3. The molecule has 2 atom stereocenters. The largest absolute Gasteiger partial charge is 0.391 e. The Balaban J connectivity index is 4.09. The fraction of sp³-hybridized carbons (Fsp3) is 1.00. The van der Waals surface area contributed by atoms with Gasteiger partial charge in [-0.15, -0.1) is 0 Å². The first-order chi connectivity index (χ1) is 5.90. The summed E-state index contributed by atoms with van der Waals surface area (Å²) in [5.74, 6) is 0. The molecule has 0 heterocycles. The van der Waals surface area contributed by atoms with Crippen molar-refractivity contribution in [3.8, 4) is 0 Å². The molecule has 0 aliphatic heterocycles. The van der Waals surface area contributed by atoms with Crippen molar-refractivity contribution in [2.45, 2.75) is 45.9 Å². The molecule has 3 nitrogen and oxygen atoms in total. The summed E-state index contributed by atoms with van der Waals surface area (Å²) in [6, 6.07) is 0. The molecule has 0 bridgehead atoms. The van der Waals surface area contributed by atoms with Crippen LogP contribution in [0, 0.1) is 0 Å². The van der Waals surface area contributed by atoms with Crippen LogP contribution in [0.25, 0.3) is 0 Å². The van der Waals surface area contributed by atoms with E-state index in [1.165, 1.54) is 0 Å². The fourth-order valence-corrected chi connectivity index (χ4v) is 1.85. The maximum Gasteiger partial charge on any atom is 0.187 e. The van der Waals surface area contributed by atoms with Gasteiger partial charge in [-0.05, 0) is 33.5 Å². The van der Waals surface area contributed by atoms with E-state index < -0.39 is 8.32 Å². The second-order valence-electron chi connectivity index (χ2n) is 3.99. The first-order valence-electron chi connectivity index (χ1n) is 4.73.